The van der Waals surface area contributed by atoms with E-state index >= 15 is 0 Å². The first kappa shape index (κ1) is 21.6. The molecule has 1 aromatic heterocycles. The van der Waals surface area contributed by atoms with Crippen molar-refractivity contribution in [2.24, 2.45) is 5.10 Å². The largest absolute Gasteiger partial charge is 0.416 e. The molecule has 0 N–H and O–H groups in total. The minimum Gasteiger partial charge on any atom is -0.326 e. The fourth-order valence-corrected chi connectivity index (χ4v) is 3.48. The maximum absolute atomic E-state index is 13.1. The molecule has 0 unspecified atom stereocenters. The highest BCUT2D eigenvalue weighted by molar-refractivity contribution is 7.99. The Morgan fingerprint density at radius 3 is 2.67 bits per heavy atom. The number of hydrogen-bond acceptors (Lipinski definition) is 4. The molecule has 9 heteroatoms. The number of nitrogens with zero attached hydrogens (tertiary/aromatic N) is 4. The van der Waals surface area contributed by atoms with Crippen LogP contribution in [0.25, 0.3) is 0 Å². The highest BCUT2D eigenvalue weighted by Crippen LogP contribution is 2.32. The van der Waals surface area contributed by atoms with Crippen LogP contribution < -0.4 is 5.01 Å². The predicted molar refractivity (Wildman–Crippen MR) is 112 cm³/mol. The molecule has 0 aliphatic heterocycles. The Morgan fingerprint density at radius 2 is 1.97 bits per heavy atom. The van der Waals surface area contributed by atoms with Gasteiger partial charge >= 0.3 is 6.18 Å². The lowest BCUT2D eigenvalue weighted by Gasteiger charge is -2.18. The van der Waals surface area contributed by atoms with Crippen molar-refractivity contribution >= 4 is 29.6 Å². The van der Waals surface area contributed by atoms with E-state index in [0.717, 1.165) is 22.7 Å². The van der Waals surface area contributed by atoms with E-state index in [-0.39, 0.29) is 11.4 Å². The Morgan fingerprint density at radius 1 is 1.20 bits per heavy atom. The number of hydrogen-bond donors (Lipinski definition) is 0. The molecule has 2 aromatic carbocycles. The number of alkyl halides is 3. The van der Waals surface area contributed by atoms with Crippen molar-refractivity contribution < 1.29 is 18.0 Å². The van der Waals surface area contributed by atoms with E-state index in [0.29, 0.717) is 11.7 Å². The van der Waals surface area contributed by atoms with Gasteiger partial charge in [-0.2, -0.15) is 18.3 Å². The van der Waals surface area contributed by atoms with Gasteiger partial charge in [-0.3, -0.25) is 4.79 Å². The van der Waals surface area contributed by atoms with E-state index in [1.165, 1.54) is 30.1 Å². The number of carbonyl (C=O) groups is 1. The van der Waals surface area contributed by atoms with Crippen LogP contribution in [0.5, 0.6) is 0 Å². The third-order valence-electron chi connectivity index (χ3n) is 4.12. The van der Waals surface area contributed by atoms with Crippen LogP contribution in [0.4, 0.5) is 18.9 Å². The molecule has 0 spiro atoms. The molecule has 5 nitrogen and oxygen atoms in total. The highest BCUT2D eigenvalue weighted by Gasteiger charge is 2.31. The second-order valence-corrected chi connectivity index (χ2v) is 7.14. The van der Waals surface area contributed by atoms with E-state index in [1.807, 2.05) is 17.6 Å². The molecule has 1 heterocycles. The van der Waals surface area contributed by atoms with Gasteiger partial charge in [-0.15, -0.1) is 0 Å². The summed E-state index contributed by atoms with van der Waals surface area (Å²) in [7, 11) is 0. The molecule has 3 aromatic rings. The fraction of sp³-hybridized carbons (Fsp3) is 0.190. The van der Waals surface area contributed by atoms with E-state index in [1.54, 1.807) is 36.7 Å². The van der Waals surface area contributed by atoms with Crippen LogP contribution in [0, 0.1) is 0 Å². The molecule has 0 aliphatic carbocycles. The van der Waals surface area contributed by atoms with Crippen molar-refractivity contribution in [3.8, 4) is 0 Å². The second-order valence-electron chi connectivity index (χ2n) is 6.19. The van der Waals surface area contributed by atoms with Crippen molar-refractivity contribution in [3.63, 3.8) is 0 Å². The predicted octanol–water partition coefficient (Wildman–Crippen LogP) is 5.08. The molecule has 3 rings (SSSR count). The third-order valence-corrected chi connectivity index (χ3v) is 5.11. The smallest absolute Gasteiger partial charge is 0.326 e. The summed E-state index contributed by atoms with van der Waals surface area (Å²) in [6.07, 6.45) is 0.351. The number of rotatable bonds is 7. The molecule has 0 aliphatic rings. The van der Waals surface area contributed by atoms with Crippen LogP contribution >= 0.6 is 11.8 Å². The summed E-state index contributed by atoms with van der Waals surface area (Å²) in [6.45, 7) is 2.65. The molecule has 0 fully saturated rings. The van der Waals surface area contributed by atoms with Gasteiger partial charge in [0, 0.05) is 18.9 Å². The average molecular weight is 432 g/mol. The van der Waals surface area contributed by atoms with Gasteiger partial charge in [0.05, 0.1) is 23.2 Å². The number of carbonyl (C=O) groups excluding carboxylic acids is 1. The molecule has 0 saturated heterocycles. The van der Waals surface area contributed by atoms with Crippen LogP contribution in [-0.2, 0) is 17.5 Å². The summed E-state index contributed by atoms with van der Waals surface area (Å²) in [5, 5.41) is 5.83. The Hall–Kier alpha value is -3.07. The van der Waals surface area contributed by atoms with Crippen LogP contribution in [0.2, 0.25) is 0 Å². The monoisotopic (exact) mass is 432 g/mol. The van der Waals surface area contributed by atoms with Gasteiger partial charge in [0.1, 0.15) is 0 Å². The zero-order valence-corrected chi connectivity index (χ0v) is 16.9. The number of thioether (sulfide) groups is 1. The summed E-state index contributed by atoms with van der Waals surface area (Å²) < 4.78 is 41.3. The Bertz CT molecular complexity index is 1020. The van der Waals surface area contributed by atoms with E-state index in [9.17, 15) is 18.0 Å². The fourth-order valence-electron chi connectivity index (χ4n) is 2.62. The topological polar surface area (TPSA) is 50.5 Å². The van der Waals surface area contributed by atoms with E-state index in [2.05, 4.69) is 10.1 Å². The molecule has 156 valence electrons. The maximum Gasteiger partial charge on any atom is 0.416 e. The summed E-state index contributed by atoms with van der Waals surface area (Å²) in [4.78, 5) is 17.1. The normalized spacial score (nSPS) is 11.7. The number of aromatic nitrogens is 2. The van der Waals surface area contributed by atoms with Crippen LogP contribution in [0.3, 0.4) is 0 Å². The SMILES string of the molecule is CCn1ccnc1SCC(=O)N(/N=C/c1ccccc1)c1cccc(C(F)(F)F)c1. The van der Waals surface area contributed by atoms with Gasteiger partial charge < -0.3 is 4.57 Å². The van der Waals surface area contributed by atoms with E-state index in [4.69, 9.17) is 0 Å². The van der Waals surface area contributed by atoms with Crippen LogP contribution in [-0.4, -0.2) is 27.4 Å². The standard InChI is InChI=1S/C21H19F3N4OS/c1-2-27-12-11-25-20(27)30-15-19(29)28(26-14-16-7-4-3-5-8-16)18-10-6-9-17(13-18)21(22,23)24/h3-14H,2,15H2,1H3/b26-14+. The zero-order valence-electron chi connectivity index (χ0n) is 16.1. The van der Waals surface area contributed by atoms with E-state index < -0.39 is 17.6 Å². The zero-order chi connectivity index (χ0) is 21.6. The number of imidazole rings is 1. The summed E-state index contributed by atoms with van der Waals surface area (Å²) in [5.41, 5.74) is -0.0835. The number of anilines is 1. The van der Waals surface area contributed by atoms with Crippen LogP contribution in [0.1, 0.15) is 18.1 Å². The van der Waals surface area contributed by atoms with Gasteiger partial charge in [0.15, 0.2) is 5.16 Å². The lowest BCUT2D eigenvalue weighted by atomic mass is 10.2. The Labute approximate surface area is 176 Å². The first-order valence-corrected chi connectivity index (χ1v) is 10.1. The minimum atomic E-state index is -4.52. The maximum atomic E-state index is 13.1. The Balaban J connectivity index is 1.87. The lowest BCUT2D eigenvalue weighted by molar-refractivity contribution is -0.137. The average Bonchev–Trinajstić information content (AvgIpc) is 3.20. The Kier molecular flexibility index (Phi) is 6.94. The molecule has 0 atom stereocenters. The summed E-state index contributed by atoms with van der Waals surface area (Å²) >= 11 is 1.21. The number of amides is 1. The van der Waals surface area contributed by atoms with Gasteiger partial charge in [-0.25, -0.2) is 9.99 Å². The summed E-state index contributed by atoms with van der Waals surface area (Å²) in [6, 6.07) is 13.6. The molecule has 1 amide bonds. The minimum absolute atomic E-state index is 0.0284. The number of benzene rings is 2. The van der Waals surface area contributed by atoms with Gasteiger partial charge in [0.2, 0.25) is 0 Å². The van der Waals surface area contributed by atoms with Gasteiger partial charge in [-0.1, -0.05) is 48.2 Å². The first-order chi connectivity index (χ1) is 14.4. The second kappa shape index (κ2) is 9.62. The van der Waals surface area contributed by atoms with Crippen molar-refractivity contribution in [2.45, 2.75) is 24.8 Å². The molecule has 0 radical (unpaired) electrons. The molecule has 0 bridgehead atoms. The first-order valence-electron chi connectivity index (χ1n) is 9.11. The van der Waals surface area contributed by atoms with Crippen molar-refractivity contribution in [1.82, 2.24) is 9.55 Å². The number of aryl methyl sites for hydroxylation is 1. The number of hydrazone groups is 1. The van der Waals surface area contributed by atoms with Crippen molar-refractivity contribution in [1.29, 1.82) is 0 Å². The lowest BCUT2D eigenvalue weighted by Crippen LogP contribution is -2.28. The molecular formula is C21H19F3N4OS. The molecular weight excluding hydrogens is 413 g/mol. The quantitative estimate of drug-likeness (QED) is 0.297. The highest BCUT2D eigenvalue weighted by atomic mass is 32.2. The molecule has 30 heavy (non-hydrogen) atoms. The third kappa shape index (κ3) is 5.50. The van der Waals surface area contributed by atoms with Crippen molar-refractivity contribution in [3.05, 3.63) is 78.1 Å². The summed E-state index contributed by atoms with van der Waals surface area (Å²) in [5.74, 6) is -0.489. The molecule has 0 saturated carbocycles. The van der Waals surface area contributed by atoms with Gasteiger partial charge in [0.25, 0.3) is 5.91 Å². The van der Waals surface area contributed by atoms with Gasteiger partial charge in [-0.05, 0) is 30.7 Å². The number of halogens is 3. The van der Waals surface area contributed by atoms with Crippen molar-refractivity contribution in [2.75, 3.05) is 10.8 Å². The van der Waals surface area contributed by atoms with Crippen LogP contribution in [0.15, 0.2) is 77.2 Å².